The molecule has 1 N–H and O–H groups in total. The second-order valence-corrected chi connectivity index (χ2v) is 25.7. The molecule has 0 fully saturated rings. The number of phosphoric acid groups is 1. The maximum absolute atomic E-state index is 13.6. The average molecular weight is 1230 g/mol. The van der Waals surface area contributed by atoms with Crippen LogP contribution in [0.2, 0.25) is 0 Å². The van der Waals surface area contributed by atoms with E-state index in [2.05, 4.69) is 160 Å². The van der Waals surface area contributed by atoms with Crippen molar-refractivity contribution in [3.63, 3.8) is 0 Å². The van der Waals surface area contributed by atoms with Crippen molar-refractivity contribution in [2.24, 2.45) is 0 Å². The minimum absolute atomic E-state index is 0.0389. The lowest BCUT2D eigenvalue weighted by molar-refractivity contribution is -0.870. The van der Waals surface area contributed by atoms with Gasteiger partial charge in [0.15, 0.2) is 0 Å². The van der Waals surface area contributed by atoms with E-state index in [1.165, 1.54) is 103 Å². The molecule has 0 rings (SSSR count). The van der Waals surface area contributed by atoms with E-state index < -0.39 is 26.6 Å². The van der Waals surface area contributed by atoms with E-state index in [1.54, 1.807) is 0 Å². The highest BCUT2D eigenvalue weighted by Crippen LogP contribution is 2.38. The van der Waals surface area contributed by atoms with Gasteiger partial charge in [-0.3, -0.25) is 14.2 Å². The first-order valence-corrected chi connectivity index (χ1v) is 36.6. The fourth-order valence-electron chi connectivity index (χ4n) is 9.43. The molecule has 0 saturated carbocycles. The molecule has 9 nitrogen and oxygen atoms in total. The highest BCUT2D eigenvalue weighted by molar-refractivity contribution is 7.45. The Morgan fingerprint density at radius 3 is 1.11 bits per heavy atom. The molecule has 0 bridgehead atoms. The lowest BCUT2D eigenvalue weighted by Crippen LogP contribution is -2.47. The number of hydrogen-bond acceptors (Lipinski definition) is 7. The van der Waals surface area contributed by atoms with Crippen molar-refractivity contribution in [2.75, 3.05) is 40.9 Å². The predicted molar refractivity (Wildman–Crippen MR) is 376 cm³/mol. The number of carbonyl (C=O) groups excluding carboxylic acids is 2. The van der Waals surface area contributed by atoms with Gasteiger partial charge in [0.25, 0.3) is 7.82 Å². The molecule has 0 spiro atoms. The molecule has 0 aromatic rings. The Balaban J connectivity index is 5.20. The summed E-state index contributed by atoms with van der Waals surface area (Å²) in [5.41, 5.74) is 0. The first-order valence-electron chi connectivity index (χ1n) is 35.1. The third-order valence-electron chi connectivity index (χ3n) is 14.8. The van der Waals surface area contributed by atoms with E-state index in [1.807, 2.05) is 33.3 Å². The summed E-state index contributed by atoms with van der Waals surface area (Å²) in [6, 6.07) is -0.924. The Morgan fingerprint density at radius 1 is 0.414 bits per heavy atom. The highest BCUT2D eigenvalue weighted by atomic mass is 31.2. The smallest absolute Gasteiger partial charge is 0.306 e. The van der Waals surface area contributed by atoms with E-state index in [9.17, 15) is 19.0 Å². The third kappa shape index (κ3) is 66.1. The van der Waals surface area contributed by atoms with Crippen molar-refractivity contribution in [1.82, 2.24) is 5.32 Å². The van der Waals surface area contributed by atoms with Crippen LogP contribution in [0, 0.1) is 0 Å². The minimum Gasteiger partial charge on any atom is -0.756 e. The van der Waals surface area contributed by atoms with E-state index in [0.29, 0.717) is 23.9 Å². The summed E-state index contributed by atoms with van der Waals surface area (Å²) in [7, 11) is 1.14. The number of rotatable bonds is 62. The normalized spacial score (nSPS) is 14.4. The maximum atomic E-state index is 13.6. The fourth-order valence-corrected chi connectivity index (χ4v) is 10.2. The van der Waals surface area contributed by atoms with Gasteiger partial charge >= 0.3 is 5.97 Å². The van der Waals surface area contributed by atoms with Crippen LogP contribution < -0.4 is 10.2 Å². The van der Waals surface area contributed by atoms with Crippen molar-refractivity contribution < 1.29 is 37.3 Å². The van der Waals surface area contributed by atoms with Crippen LogP contribution in [0.25, 0.3) is 0 Å². The van der Waals surface area contributed by atoms with E-state index in [0.717, 1.165) is 128 Å². The number of allylic oxidation sites excluding steroid dienone is 23. The summed E-state index contributed by atoms with van der Waals surface area (Å²) in [6.45, 7) is 6.58. The number of phosphoric ester groups is 1. The standard InChI is InChI=1S/C77H131N2O7P/c1-7-10-13-16-19-22-25-28-30-32-34-36-37-38-39-40-41-43-45-47-49-52-55-58-61-64-67-70-77(81)86-75(68-65-62-59-56-53-50-27-24-21-18-15-12-9-3)74(73-85-87(82,83)84-72-71-79(4,5)6)78-76(80)69-66-63-60-57-54-51-48-46-44-42-35-33-31-29-26-23-20-17-14-11-8-2/h10-11,13-14,19-20,22-23,28-31,34-36,38-39,42,46,48,54,57,65,68,74-75H,7-9,12,15-18,21,24-27,32-33,37,40-41,43-45,47,49-53,55-56,58-64,66-67,69-73H2,1-6H3,(H-,78,80,82,83)/b13-10-,14-11-,22-19-,23-20-,30-28-,31-29-,36-34-,39-38-,42-35-,48-46-,57-54-,68-65-. The Morgan fingerprint density at radius 2 is 0.736 bits per heavy atom. The number of esters is 1. The Hall–Kier alpha value is -4.11. The Bertz CT molecular complexity index is 2000. The zero-order valence-corrected chi connectivity index (χ0v) is 57.6. The van der Waals surface area contributed by atoms with Crippen LogP contribution in [0.3, 0.4) is 0 Å². The zero-order valence-electron chi connectivity index (χ0n) is 56.7. The Labute approximate surface area is 536 Å². The topological polar surface area (TPSA) is 114 Å². The quantitative estimate of drug-likeness (QED) is 0.0212. The number of ether oxygens (including phenoxy) is 1. The van der Waals surface area contributed by atoms with Gasteiger partial charge in [-0.2, -0.15) is 0 Å². The number of amides is 1. The largest absolute Gasteiger partial charge is 0.756 e. The van der Waals surface area contributed by atoms with Crippen molar-refractivity contribution >= 4 is 19.7 Å². The van der Waals surface area contributed by atoms with Gasteiger partial charge in [-0.05, 0) is 128 Å². The fraction of sp³-hybridized carbons (Fsp3) is 0.662. The van der Waals surface area contributed by atoms with Gasteiger partial charge in [-0.25, -0.2) is 0 Å². The van der Waals surface area contributed by atoms with E-state index >= 15 is 0 Å². The molecule has 87 heavy (non-hydrogen) atoms. The molecule has 0 aromatic heterocycles. The molecular weight excluding hydrogens is 1100 g/mol. The minimum atomic E-state index is -4.73. The van der Waals surface area contributed by atoms with E-state index in [4.69, 9.17) is 13.8 Å². The number of carbonyl (C=O) groups is 2. The number of likely N-dealkylation sites (N-methyl/N-ethyl adjacent to an activating group) is 1. The van der Waals surface area contributed by atoms with Crippen molar-refractivity contribution in [1.29, 1.82) is 0 Å². The summed E-state index contributed by atoms with van der Waals surface area (Å²) >= 11 is 0. The average Bonchev–Trinajstić information content (AvgIpc) is 3.69. The number of hydrogen-bond donors (Lipinski definition) is 1. The molecule has 496 valence electrons. The second kappa shape index (κ2) is 64.9. The molecule has 3 unspecified atom stereocenters. The molecule has 0 aliphatic heterocycles. The summed E-state index contributed by atoms with van der Waals surface area (Å²) in [6.07, 6.45) is 94.0. The van der Waals surface area contributed by atoms with Gasteiger partial charge in [0.2, 0.25) is 5.91 Å². The molecule has 0 aromatic carbocycles. The molecule has 10 heteroatoms. The number of quaternary nitrogens is 1. The van der Waals surface area contributed by atoms with Crippen molar-refractivity contribution in [2.45, 2.75) is 290 Å². The van der Waals surface area contributed by atoms with Crippen LogP contribution >= 0.6 is 7.82 Å². The summed E-state index contributed by atoms with van der Waals surface area (Å²) in [4.78, 5) is 40.2. The molecular formula is C77H131N2O7P. The van der Waals surface area contributed by atoms with E-state index in [-0.39, 0.29) is 31.3 Å². The maximum Gasteiger partial charge on any atom is 0.306 e. The SMILES string of the molecule is CC/C=C\C/C=C\C/C=C\C/C=C\C/C=C\C/C=C\CCCCC(=O)NC(COP(=O)([O-])OCC[N+](C)(C)C)C(/C=C\CCCCCCCCCCCCC)OC(=O)CCCCCCCCCCCCC/C=C\C/C=C\C/C=C\C/C=C\C/C=C\CC. The molecule has 0 heterocycles. The molecule has 3 atom stereocenters. The lowest BCUT2D eigenvalue weighted by atomic mass is 10.0. The predicted octanol–water partition coefficient (Wildman–Crippen LogP) is 21.9. The van der Waals surface area contributed by atoms with Gasteiger partial charge in [-0.1, -0.05) is 283 Å². The summed E-state index contributed by atoms with van der Waals surface area (Å²) in [5, 5.41) is 3.01. The van der Waals surface area contributed by atoms with Crippen molar-refractivity contribution in [3.8, 4) is 0 Å². The summed E-state index contributed by atoms with van der Waals surface area (Å²) < 4.78 is 30.4. The first-order chi connectivity index (χ1) is 42.4. The molecule has 0 aliphatic carbocycles. The van der Waals surface area contributed by atoms with Gasteiger partial charge in [0, 0.05) is 12.8 Å². The van der Waals surface area contributed by atoms with Crippen molar-refractivity contribution in [3.05, 3.63) is 146 Å². The van der Waals surface area contributed by atoms with Gasteiger partial charge < -0.3 is 28.5 Å². The number of nitrogens with zero attached hydrogens (tertiary/aromatic N) is 1. The first kappa shape index (κ1) is 82.9. The van der Waals surface area contributed by atoms with Crippen LogP contribution in [0.15, 0.2) is 146 Å². The number of unbranched alkanes of at least 4 members (excludes halogenated alkanes) is 24. The third-order valence-corrected chi connectivity index (χ3v) is 15.7. The van der Waals surface area contributed by atoms with Crippen LogP contribution in [0.5, 0.6) is 0 Å². The molecule has 0 aliphatic rings. The monoisotopic (exact) mass is 1230 g/mol. The number of nitrogens with one attached hydrogen (secondary N) is 1. The second-order valence-electron chi connectivity index (χ2n) is 24.3. The van der Waals surface area contributed by atoms with Gasteiger partial charge in [0.05, 0.1) is 33.8 Å². The molecule has 0 radical (unpaired) electrons. The van der Waals surface area contributed by atoms with Gasteiger partial charge in [-0.15, -0.1) is 0 Å². The molecule has 0 saturated heterocycles. The van der Waals surface area contributed by atoms with Crippen LogP contribution in [-0.2, 0) is 27.9 Å². The zero-order chi connectivity index (χ0) is 63.5. The van der Waals surface area contributed by atoms with Crippen LogP contribution in [-0.4, -0.2) is 69.4 Å². The van der Waals surface area contributed by atoms with Crippen LogP contribution in [0.4, 0.5) is 0 Å². The summed E-state index contributed by atoms with van der Waals surface area (Å²) in [5.74, 6) is -0.601. The molecule has 1 amide bonds. The Kier molecular flexibility index (Phi) is 61.8. The van der Waals surface area contributed by atoms with Gasteiger partial charge in [0.1, 0.15) is 19.3 Å². The highest BCUT2D eigenvalue weighted by Gasteiger charge is 2.27. The lowest BCUT2D eigenvalue weighted by Gasteiger charge is -2.30. The van der Waals surface area contributed by atoms with Crippen LogP contribution in [0.1, 0.15) is 278 Å².